The van der Waals surface area contributed by atoms with Crippen molar-refractivity contribution in [3.05, 3.63) is 24.2 Å². The fourth-order valence-corrected chi connectivity index (χ4v) is 1.14. The van der Waals surface area contributed by atoms with E-state index >= 15 is 0 Å². The standard InChI is InChI=1S/C12H18O4/c1-2-3-6-14-8-9-15-10-11(13)12-5-4-7-16-12/h4-5,7H,2-3,6,8-10H2,1H3. The number of Topliss-reactive ketones (excluding diaryl/α,β-unsaturated/α-hetero) is 1. The van der Waals surface area contributed by atoms with Gasteiger partial charge in [0, 0.05) is 6.61 Å². The van der Waals surface area contributed by atoms with Crippen LogP contribution in [0.2, 0.25) is 0 Å². The third-order valence-electron chi connectivity index (χ3n) is 2.04. The van der Waals surface area contributed by atoms with E-state index in [-0.39, 0.29) is 12.4 Å². The van der Waals surface area contributed by atoms with Crippen LogP contribution < -0.4 is 0 Å². The van der Waals surface area contributed by atoms with Crippen LogP contribution in [0.25, 0.3) is 0 Å². The van der Waals surface area contributed by atoms with Crippen molar-refractivity contribution in [2.75, 3.05) is 26.4 Å². The van der Waals surface area contributed by atoms with Gasteiger partial charge in [-0.15, -0.1) is 0 Å². The molecule has 0 spiro atoms. The smallest absolute Gasteiger partial charge is 0.223 e. The van der Waals surface area contributed by atoms with E-state index in [9.17, 15) is 4.79 Å². The summed E-state index contributed by atoms with van der Waals surface area (Å²) in [5, 5.41) is 0. The minimum Gasteiger partial charge on any atom is -0.461 e. The lowest BCUT2D eigenvalue weighted by atomic mass is 10.3. The van der Waals surface area contributed by atoms with Crippen LogP contribution in [0.5, 0.6) is 0 Å². The van der Waals surface area contributed by atoms with Crippen molar-refractivity contribution in [3.8, 4) is 0 Å². The molecule has 90 valence electrons. The second-order valence-corrected chi connectivity index (χ2v) is 3.42. The lowest BCUT2D eigenvalue weighted by Crippen LogP contribution is -2.12. The van der Waals surface area contributed by atoms with E-state index in [1.165, 1.54) is 6.26 Å². The van der Waals surface area contributed by atoms with Crippen LogP contribution in [-0.2, 0) is 9.47 Å². The van der Waals surface area contributed by atoms with E-state index in [1.54, 1.807) is 12.1 Å². The average Bonchev–Trinajstić information content (AvgIpc) is 2.81. The summed E-state index contributed by atoms with van der Waals surface area (Å²) in [7, 11) is 0. The molecule has 0 atom stereocenters. The van der Waals surface area contributed by atoms with E-state index < -0.39 is 0 Å². The number of hydrogen-bond donors (Lipinski definition) is 0. The summed E-state index contributed by atoms with van der Waals surface area (Å²) < 4.78 is 15.4. The Balaban J connectivity index is 1.97. The fourth-order valence-electron chi connectivity index (χ4n) is 1.14. The van der Waals surface area contributed by atoms with Crippen LogP contribution in [0.4, 0.5) is 0 Å². The maximum absolute atomic E-state index is 11.4. The molecule has 16 heavy (non-hydrogen) atoms. The molecule has 0 aliphatic carbocycles. The number of rotatable bonds is 9. The van der Waals surface area contributed by atoms with Gasteiger partial charge in [-0.1, -0.05) is 13.3 Å². The lowest BCUT2D eigenvalue weighted by Gasteiger charge is -2.03. The average molecular weight is 226 g/mol. The van der Waals surface area contributed by atoms with Crippen molar-refractivity contribution in [3.63, 3.8) is 0 Å². The summed E-state index contributed by atoms with van der Waals surface area (Å²) in [5.41, 5.74) is 0. The first-order chi connectivity index (χ1) is 7.84. The topological polar surface area (TPSA) is 48.7 Å². The highest BCUT2D eigenvalue weighted by atomic mass is 16.5. The highest BCUT2D eigenvalue weighted by Crippen LogP contribution is 2.01. The van der Waals surface area contributed by atoms with Crippen LogP contribution in [0, 0.1) is 0 Å². The molecule has 0 saturated heterocycles. The molecule has 1 rings (SSSR count). The molecule has 0 fully saturated rings. The van der Waals surface area contributed by atoms with Crippen LogP contribution in [0.15, 0.2) is 22.8 Å². The predicted octanol–water partition coefficient (Wildman–Crippen LogP) is 2.30. The predicted molar refractivity (Wildman–Crippen MR) is 59.6 cm³/mol. The molecule has 4 heteroatoms. The highest BCUT2D eigenvalue weighted by Gasteiger charge is 2.07. The number of furan rings is 1. The molecular weight excluding hydrogens is 208 g/mol. The van der Waals surface area contributed by atoms with Crippen molar-refractivity contribution >= 4 is 5.78 Å². The summed E-state index contributed by atoms with van der Waals surface area (Å²) in [6.45, 7) is 3.89. The van der Waals surface area contributed by atoms with Gasteiger partial charge in [-0.25, -0.2) is 0 Å². The maximum atomic E-state index is 11.4. The minimum absolute atomic E-state index is 0.0463. The number of carbonyl (C=O) groups is 1. The van der Waals surface area contributed by atoms with Gasteiger partial charge in [0.05, 0.1) is 19.5 Å². The first-order valence-corrected chi connectivity index (χ1v) is 5.56. The Kier molecular flexibility index (Phi) is 6.53. The molecule has 0 saturated carbocycles. The SMILES string of the molecule is CCCCOCCOCC(=O)c1ccco1. The molecule has 0 bridgehead atoms. The largest absolute Gasteiger partial charge is 0.461 e. The van der Waals surface area contributed by atoms with Gasteiger partial charge in [0.25, 0.3) is 0 Å². The summed E-state index contributed by atoms with van der Waals surface area (Å²) in [6.07, 6.45) is 3.66. The first kappa shape index (κ1) is 12.9. The van der Waals surface area contributed by atoms with E-state index in [1.807, 2.05) is 0 Å². The van der Waals surface area contributed by atoms with Crippen LogP contribution in [0.3, 0.4) is 0 Å². The van der Waals surface area contributed by atoms with Gasteiger partial charge in [0.15, 0.2) is 5.76 Å². The van der Waals surface area contributed by atoms with Crippen LogP contribution in [-0.4, -0.2) is 32.2 Å². The van der Waals surface area contributed by atoms with Gasteiger partial charge in [-0.05, 0) is 18.6 Å². The molecule has 0 amide bonds. The minimum atomic E-state index is -0.140. The van der Waals surface area contributed by atoms with E-state index in [2.05, 4.69) is 6.92 Å². The third kappa shape index (κ3) is 5.09. The van der Waals surface area contributed by atoms with Gasteiger partial charge >= 0.3 is 0 Å². The number of carbonyl (C=O) groups excluding carboxylic acids is 1. The van der Waals surface area contributed by atoms with Gasteiger partial charge in [0.2, 0.25) is 5.78 Å². The van der Waals surface area contributed by atoms with Crippen molar-refractivity contribution in [2.45, 2.75) is 19.8 Å². The number of hydrogen-bond acceptors (Lipinski definition) is 4. The zero-order valence-electron chi connectivity index (χ0n) is 9.61. The van der Waals surface area contributed by atoms with E-state index in [0.717, 1.165) is 19.4 Å². The first-order valence-electron chi connectivity index (χ1n) is 5.56. The summed E-state index contributed by atoms with van der Waals surface area (Å²) in [5.74, 6) is 0.199. The molecular formula is C12H18O4. The maximum Gasteiger partial charge on any atom is 0.223 e. The molecule has 0 unspecified atom stereocenters. The second kappa shape index (κ2) is 8.07. The number of ether oxygens (including phenoxy) is 2. The van der Waals surface area contributed by atoms with Crippen molar-refractivity contribution in [1.29, 1.82) is 0 Å². The van der Waals surface area contributed by atoms with E-state index in [0.29, 0.717) is 19.0 Å². The zero-order valence-corrected chi connectivity index (χ0v) is 9.61. The van der Waals surface area contributed by atoms with Crippen molar-refractivity contribution < 1.29 is 18.7 Å². The van der Waals surface area contributed by atoms with Gasteiger partial charge in [0.1, 0.15) is 6.61 Å². The van der Waals surface area contributed by atoms with Crippen molar-refractivity contribution in [1.82, 2.24) is 0 Å². The summed E-state index contributed by atoms with van der Waals surface area (Å²) in [6, 6.07) is 3.31. The van der Waals surface area contributed by atoms with Gasteiger partial charge < -0.3 is 13.9 Å². The Morgan fingerprint density at radius 3 is 2.81 bits per heavy atom. The Hall–Kier alpha value is -1.13. The Labute approximate surface area is 95.5 Å². The number of unbranched alkanes of at least 4 members (excludes halogenated alkanes) is 1. The fraction of sp³-hybridized carbons (Fsp3) is 0.583. The van der Waals surface area contributed by atoms with Crippen LogP contribution >= 0.6 is 0 Å². The molecule has 0 radical (unpaired) electrons. The molecule has 1 aromatic rings. The Bertz CT molecular complexity index is 279. The van der Waals surface area contributed by atoms with Crippen LogP contribution in [0.1, 0.15) is 30.3 Å². The van der Waals surface area contributed by atoms with Crippen molar-refractivity contribution in [2.24, 2.45) is 0 Å². The molecule has 0 aromatic carbocycles. The number of ketones is 1. The lowest BCUT2D eigenvalue weighted by molar-refractivity contribution is 0.0420. The summed E-state index contributed by atoms with van der Waals surface area (Å²) >= 11 is 0. The Morgan fingerprint density at radius 2 is 2.12 bits per heavy atom. The molecule has 0 aliphatic rings. The monoisotopic (exact) mass is 226 g/mol. The molecule has 0 N–H and O–H groups in total. The molecule has 1 heterocycles. The Morgan fingerprint density at radius 1 is 1.31 bits per heavy atom. The second-order valence-electron chi connectivity index (χ2n) is 3.42. The normalized spacial score (nSPS) is 10.6. The molecule has 0 aliphatic heterocycles. The summed E-state index contributed by atoms with van der Waals surface area (Å²) in [4.78, 5) is 11.4. The molecule has 1 aromatic heterocycles. The zero-order chi connectivity index (χ0) is 11.6. The van der Waals surface area contributed by atoms with Gasteiger partial charge in [-0.3, -0.25) is 4.79 Å². The highest BCUT2D eigenvalue weighted by molar-refractivity contribution is 5.94. The molecule has 4 nitrogen and oxygen atoms in total. The third-order valence-corrected chi connectivity index (χ3v) is 2.04. The quantitative estimate of drug-likeness (QED) is 0.479. The van der Waals surface area contributed by atoms with E-state index in [4.69, 9.17) is 13.9 Å². The van der Waals surface area contributed by atoms with Gasteiger partial charge in [-0.2, -0.15) is 0 Å².